The normalized spacial score (nSPS) is 16.0. The van der Waals surface area contributed by atoms with Gasteiger partial charge in [0.05, 0.1) is 34.5 Å². The highest BCUT2D eigenvalue weighted by molar-refractivity contribution is 7.90. The number of aromatic nitrogens is 6. The predicted molar refractivity (Wildman–Crippen MR) is 241 cm³/mol. The molecule has 12 nitrogen and oxygen atoms in total. The molecule has 0 spiro atoms. The van der Waals surface area contributed by atoms with Gasteiger partial charge in [-0.1, -0.05) is 146 Å². The molecule has 63 heavy (non-hydrogen) atoms. The predicted octanol–water partition coefficient (Wildman–Crippen LogP) is 8.03. The number of sulfone groups is 3. The van der Waals surface area contributed by atoms with E-state index in [0.717, 1.165) is 0 Å². The third-order valence-corrected chi connectivity index (χ3v) is 15.5. The zero-order valence-corrected chi connectivity index (χ0v) is 35.9. The second-order valence-corrected chi connectivity index (χ2v) is 22.1. The molecule has 2 aromatic heterocycles. The quantitative estimate of drug-likeness (QED) is 0.143. The lowest BCUT2D eigenvalue weighted by atomic mass is 10.1. The van der Waals surface area contributed by atoms with Crippen LogP contribution < -0.4 is 0 Å². The molecule has 23 heterocycles. The Hall–Kier alpha value is -6.81. The molecule has 18 bridgehead atoms. The van der Waals surface area contributed by atoms with E-state index in [2.05, 4.69) is 0 Å². The Morgan fingerprint density at radius 2 is 0.349 bits per heavy atom. The van der Waals surface area contributed by atoms with Gasteiger partial charge in [-0.05, 0) is 33.4 Å². The smallest absolute Gasteiger partial charge is 0.164 e. The first-order valence-corrected chi connectivity index (χ1v) is 25.4. The van der Waals surface area contributed by atoms with Gasteiger partial charge in [0.1, 0.15) is 0 Å². The Bertz CT molecular complexity index is 2790. The summed E-state index contributed by atoms with van der Waals surface area (Å²) >= 11 is 0. The number of hydrogen-bond acceptors (Lipinski definition) is 12. The van der Waals surface area contributed by atoms with Gasteiger partial charge in [0.2, 0.25) is 0 Å². The van der Waals surface area contributed by atoms with Crippen LogP contribution in [0.25, 0.3) is 68.3 Å². The van der Waals surface area contributed by atoms with Crippen LogP contribution in [0, 0.1) is 0 Å². The average molecular weight is 889 g/mol. The van der Waals surface area contributed by atoms with E-state index < -0.39 is 29.5 Å². The van der Waals surface area contributed by atoms with Crippen LogP contribution in [0.4, 0.5) is 0 Å². The van der Waals surface area contributed by atoms with Gasteiger partial charge in [-0.25, -0.2) is 55.2 Å². The van der Waals surface area contributed by atoms with Crippen molar-refractivity contribution < 1.29 is 25.3 Å². The van der Waals surface area contributed by atoms with Crippen LogP contribution in [0.1, 0.15) is 33.4 Å². The van der Waals surface area contributed by atoms with Crippen LogP contribution in [0.15, 0.2) is 146 Å². The lowest BCUT2D eigenvalue weighted by Gasteiger charge is -2.12. The Balaban J connectivity index is 1.16. The van der Waals surface area contributed by atoms with Gasteiger partial charge in [-0.2, -0.15) is 0 Å². The molecule has 15 heteroatoms. The van der Waals surface area contributed by atoms with Crippen molar-refractivity contribution in [1.29, 1.82) is 0 Å². The van der Waals surface area contributed by atoms with Gasteiger partial charge in [0, 0.05) is 33.4 Å². The molecule has 21 aliphatic rings. The minimum absolute atomic E-state index is 0.190. The Morgan fingerprint density at radius 3 is 0.476 bits per heavy atom. The highest BCUT2D eigenvalue weighted by Crippen LogP contribution is 2.30. The molecule has 0 saturated heterocycles. The average Bonchev–Trinajstić information content (AvgIpc) is 3.26. The van der Waals surface area contributed by atoms with Crippen molar-refractivity contribution in [2.45, 2.75) is 34.5 Å². The highest BCUT2D eigenvalue weighted by Gasteiger charge is 2.21. The van der Waals surface area contributed by atoms with E-state index in [0.29, 0.717) is 102 Å². The van der Waals surface area contributed by atoms with Crippen LogP contribution in [-0.2, 0) is 64.0 Å². The fraction of sp³-hybridized carbons (Fsp3) is 0.125. The SMILES string of the molecule is O=S1(=O)Cc2ccc(cc2)-c2nc3nc(n2)-c2ccc(cc2)CS(=O)(=O)Cc2ccc(cc2)-c2nc(nc(n2)-c2ccc(cc2)CS(=O)(=O)Cc2ccc-3cc2)-c2ccc(cc2)C1. The molecule has 0 aliphatic carbocycles. The summed E-state index contributed by atoms with van der Waals surface area (Å²) in [5.74, 6) is 0.853. The maximum Gasteiger partial charge on any atom is 0.164 e. The van der Waals surface area contributed by atoms with Gasteiger partial charge in [0.15, 0.2) is 64.5 Å². The first kappa shape index (κ1) is 40.3. The van der Waals surface area contributed by atoms with Crippen LogP contribution in [0.5, 0.6) is 0 Å². The molecule has 8 aromatic rings. The maximum atomic E-state index is 13.6. The summed E-state index contributed by atoms with van der Waals surface area (Å²) in [4.78, 5) is 28.9. The lowest BCUT2D eigenvalue weighted by Crippen LogP contribution is -2.08. The Kier molecular flexibility index (Phi) is 10.1. The summed E-state index contributed by atoms with van der Waals surface area (Å²) < 4.78 is 81.4. The van der Waals surface area contributed by atoms with Crippen molar-refractivity contribution in [2.75, 3.05) is 0 Å². The number of benzene rings is 6. The lowest BCUT2D eigenvalue weighted by molar-refractivity contribution is 0.592. The molecule has 0 N–H and O–H groups in total. The maximum absolute atomic E-state index is 13.6. The third-order valence-electron chi connectivity index (χ3n) is 10.9. The van der Waals surface area contributed by atoms with E-state index in [-0.39, 0.29) is 34.5 Å². The van der Waals surface area contributed by atoms with Gasteiger partial charge in [-0.3, -0.25) is 0 Å². The van der Waals surface area contributed by atoms with E-state index >= 15 is 0 Å². The second-order valence-electron chi connectivity index (χ2n) is 15.9. The van der Waals surface area contributed by atoms with E-state index in [1.165, 1.54) is 0 Å². The molecule has 0 radical (unpaired) electrons. The summed E-state index contributed by atoms with van der Waals surface area (Å²) in [6.07, 6.45) is 0. The summed E-state index contributed by atoms with van der Waals surface area (Å²) in [6, 6.07) is 42.1. The zero-order valence-electron chi connectivity index (χ0n) is 33.5. The largest absolute Gasteiger partial charge is 0.228 e. The Morgan fingerprint density at radius 1 is 0.222 bits per heavy atom. The molecule has 21 aliphatic heterocycles. The molecule has 0 amide bonds. The topological polar surface area (TPSA) is 180 Å². The van der Waals surface area contributed by atoms with Crippen molar-refractivity contribution in [1.82, 2.24) is 29.9 Å². The Labute approximate surface area is 364 Å². The molecule has 29 rings (SSSR count). The van der Waals surface area contributed by atoms with Crippen LogP contribution in [-0.4, -0.2) is 55.2 Å². The standard InChI is InChI=1S/C48H36N6O6S3/c55-61(56)25-31-1-13-37(14-2-31)43-49-44-38-17-5-33(6-18-38)27-62(57,58)29-35-9-21-41(22-10-35)47-52-46(40-15-3-32(26-61)4-16-40)53-48(54-47)42-23-11-36(12-24-42)30-63(59,60)28-34-7-19-39(20-8-34)45(50-43)51-44/h1-24H,25-30H2. The van der Waals surface area contributed by atoms with E-state index in [1.54, 1.807) is 146 Å². The number of rotatable bonds is 0. The van der Waals surface area contributed by atoms with Crippen LogP contribution in [0.2, 0.25) is 0 Å². The molecule has 0 unspecified atom stereocenters. The molecule has 6 aromatic carbocycles. The van der Waals surface area contributed by atoms with E-state index in [9.17, 15) is 25.3 Å². The number of hydrogen-bond donors (Lipinski definition) is 0. The van der Waals surface area contributed by atoms with E-state index in [1.807, 2.05) is 0 Å². The van der Waals surface area contributed by atoms with Gasteiger partial charge < -0.3 is 0 Å². The first-order valence-electron chi connectivity index (χ1n) is 20.0. The van der Waals surface area contributed by atoms with Crippen molar-refractivity contribution >= 4 is 29.5 Å². The van der Waals surface area contributed by atoms with Crippen molar-refractivity contribution in [3.05, 3.63) is 179 Å². The number of nitrogens with zero attached hydrogens (tertiary/aromatic N) is 6. The fourth-order valence-electron chi connectivity index (χ4n) is 7.70. The molecule has 0 atom stereocenters. The molecular formula is C48H36N6O6S3. The minimum atomic E-state index is -3.60. The van der Waals surface area contributed by atoms with Gasteiger partial charge in [0.25, 0.3) is 0 Å². The van der Waals surface area contributed by atoms with Crippen LogP contribution >= 0.6 is 0 Å². The summed E-state index contributed by atoms with van der Waals surface area (Å²) in [5, 5.41) is 0. The molecule has 0 saturated carbocycles. The highest BCUT2D eigenvalue weighted by atomic mass is 32.2. The minimum Gasteiger partial charge on any atom is -0.228 e. The molecule has 0 fully saturated rings. The summed E-state index contributed by atoms with van der Waals surface area (Å²) in [7, 11) is -10.8. The van der Waals surface area contributed by atoms with Gasteiger partial charge in [-0.15, -0.1) is 0 Å². The van der Waals surface area contributed by atoms with Crippen LogP contribution in [0.3, 0.4) is 0 Å². The van der Waals surface area contributed by atoms with Gasteiger partial charge >= 0.3 is 0 Å². The molecular weight excluding hydrogens is 853 g/mol. The monoisotopic (exact) mass is 888 g/mol. The van der Waals surface area contributed by atoms with Crippen molar-refractivity contribution in [3.8, 4) is 68.3 Å². The third kappa shape index (κ3) is 9.07. The van der Waals surface area contributed by atoms with E-state index in [4.69, 9.17) is 29.9 Å². The van der Waals surface area contributed by atoms with Crippen molar-refractivity contribution in [3.63, 3.8) is 0 Å². The summed E-state index contributed by atoms with van der Waals surface area (Å²) in [5.41, 5.74) is 7.26. The zero-order chi connectivity index (χ0) is 43.3. The first-order chi connectivity index (χ1) is 30.3. The fourth-order valence-corrected chi connectivity index (χ4v) is 12.2. The summed E-state index contributed by atoms with van der Waals surface area (Å²) in [6.45, 7) is 0. The molecule has 312 valence electrons. The van der Waals surface area contributed by atoms with Crippen molar-refractivity contribution in [2.24, 2.45) is 0 Å². The second kappa shape index (κ2) is 15.8.